The standard InChI is InChI=1S/C55H75N4O5.Mg/c1-13-39-35(8)42-28-44-37(10)41(24-25-48(60)64-27-26-34(7)23-17-22-33(6)21-16-20-32(5)19-15-18-31(3)4)52(58-44)50-51(55(62)63-12)54(61)49-38(11)45(59-53(49)50)30-47-40(14-2)36(9)43(57-47)29-46(39)56-42;/h13,26,28-33,37,41,51-52,57,61H,1,14-25,27H2,2-12H3;/q-3;+2/b34-26-,43-29-,44-28-,47-30-;/t32-,33-,37+,41+,51-,52?;/m1./s1. The van der Waals surface area contributed by atoms with E-state index in [1.54, 1.807) is 0 Å². The van der Waals surface area contributed by atoms with Crippen molar-refractivity contribution in [2.24, 2.45) is 35.5 Å². The van der Waals surface area contributed by atoms with Crippen LogP contribution in [0.25, 0.3) is 41.0 Å². The molecule has 1 unspecified atom stereocenters. The summed E-state index contributed by atoms with van der Waals surface area (Å²) >= 11 is 0. The van der Waals surface area contributed by atoms with Gasteiger partial charge >= 0.3 is 35.0 Å². The average molecular weight is 897 g/mol. The van der Waals surface area contributed by atoms with Crippen molar-refractivity contribution < 1.29 is 24.2 Å². The van der Waals surface area contributed by atoms with Gasteiger partial charge in [0.25, 0.3) is 0 Å². The number of carbonyl (C=O) groups excluding carboxylic acids is 2. The van der Waals surface area contributed by atoms with Crippen LogP contribution in [0.4, 0.5) is 0 Å². The molecule has 6 rings (SSSR count). The van der Waals surface area contributed by atoms with Crippen molar-refractivity contribution in [3.05, 3.63) is 95.4 Å². The third-order valence-electron chi connectivity index (χ3n) is 14.6. The van der Waals surface area contributed by atoms with Crippen LogP contribution in [-0.4, -0.2) is 64.8 Å². The number of allylic oxidation sites excluding steroid dienone is 2. The molecule has 348 valence electrons. The van der Waals surface area contributed by atoms with E-state index in [1.807, 2.05) is 31.2 Å². The van der Waals surface area contributed by atoms with Crippen LogP contribution in [0.3, 0.4) is 0 Å². The molecule has 0 spiro atoms. The number of ether oxygens (including phenoxy) is 2. The summed E-state index contributed by atoms with van der Waals surface area (Å²) in [5.41, 5.74) is 9.99. The number of nitrogens with zero attached hydrogens (tertiary/aromatic N) is 3. The molecular formula is C55H75MgN4O5-. The molecule has 0 amide bonds. The van der Waals surface area contributed by atoms with Gasteiger partial charge in [-0.3, -0.25) is 9.59 Å². The van der Waals surface area contributed by atoms with Gasteiger partial charge in [-0.15, -0.1) is 22.4 Å². The monoisotopic (exact) mass is 896 g/mol. The minimum absolute atomic E-state index is 0. The molecule has 3 aromatic rings. The summed E-state index contributed by atoms with van der Waals surface area (Å²) in [6.07, 6.45) is 22.8. The molecule has 2 N–H and O–H groups in total. The molecule has 10 heteroatoms. The first-order chi connectivity index (χ1) is 30.6. The maximum Gasteiger partial charge on any atom is 2.00 e. The van der Waals surface area contributed by atoms with Gasteiger partial charge < -0.3 is 34.8 Å². The maximum atomic E-state index is 13.6. The Morgan fingerprint density at radius 2 is 1.52 bits per heavy atom. The third-order valence-corrected chi connectivity index (χ3v) is 14.6. The summed E-state index contributed by atoms with van der Waals surface area (Å²) < 4.78 is 11.1. The summed E-state index contributed by atoms with van der Waals surface area (Å²) in [6, 6.07) is -0.565. The fourth-order valence-corrected chi connectivity index (χ4v) is 10.4. The number of aliphatic hydroxyl groups excluding tert-OH is 1. The van der Waals surface area contributed by atoms with E-state index in [0.29, 0.717) is 28.3 Å². The summed E-state index contributed by atoms with van der Waals surface area (Å²) in [5, 5.41) is 20.3. The van der Waals surface area contributed by atoms with E-state index >= 15 is 0 Å². The second-order valence-electron chi connectivity index (χ2n) is 19.7. The summed E-state index contributed by atoms with van der Waals surface area (Å²) in [7, 11) is 1.34. The molecule has 9 nitrogen and oxygen atoms in total. The third kappa shape index (κ3) is 11.7. The van der Waals surface area contributed by atoms with E-state index in [-0.39, 0.29) is 59.6 Å². The molecule has 0 saturated carbocycles. The van der Waals surface area contributed by atoms with Crippen LogP contribution in [-0.2, 0) is 25.5 Å². The van der Waals surface area contributed by atoms with E-state index < -0.39 is 17.9 Å². The van der Waals surface area contributed by atoms with Crippen LogP contribution in [0, 0.1) is 56.3 Å². The summed E-state index contributed by atoms with van der Waals surface area (Å²) in [6.45, 7) is 26.3. The molecule has 1 saturated heterocycles. The quantitative estimate of drug-likeness (QED) is 0.0658. The van der Waals surface area contributed by atoms with Gasteiger partial charge in [-0.25, -0.2) is 0 Å². The predicted octanol–water partition coefficient (Wildman–Crippen LogP) is 9.03. The first kappa shape index (κ1) is 51.8. The minimum atomic E-state index is -1.06. The minimum Gasteiger partial charge on any atom is -0.681 e. The normalized spacial score (nSPS) is 21.7. The van der Waals surface area contributed by atoms with Gasteiger partial charge in [0.1, 0.15) is 18.3 Å². The van der Waals surface area contributed by atoms with Crippen LogP contribution in [0.1, 0.15) is 164 Å². The fourth-order valence-electron chi connectivity index (χ4n) is 10.4. The van der Waals surface area contributed by atoms with Crippen LogP contribution in [0.5, 0.6) is 0 Å². The summed E-state index contributed by atoms with van der Waals surface area (Å²) in [5.74, 6) is 0.0394. The molecule has 3 aromatic heterocycles. The maximum absolute atomic E-state index is 13.6. The van der Waals surface area contributed by atoms with Gasteiger partial charge in [0.05, 0.1) is 7.11 Å². The molecule has 5 heterocycles. The molecule has 0 aromatic carbocycles. The summed E-state index contributed by atoms with van der Waals surface area (Å²) in [4.78, 5) is 41.0. The zero-order valence-electron chi connectivity index (χ0n) is 41.5. The number of carbonyl (C=O) groups is 2. The van der Waals surface area contributed by atoms with Crippen molar-refractivity contribution in [2.45, 2.75) is 152 Å². The molecule has 1 aliphatic carbocycles. The van der Waals surface area contributed by atoms with Crippen LogP contribution in [0.2, 0.25) is 0 Å². The average Bonchev–Trinajstić information content (AvgIpc) is 3.99. The Kier molecular flexibility index (Phi) is 18.4. The van der Waals surface area contributed by atoms with Crippen molar-refractivity contribution in [1.82, 2.24) is 15.0 Å². The van der Waals surface area contributed by atoms with Gasteiger partial charge in [0.15, 0.2) is 0 Å². The second kappa shape index (κ2) is 23.0. The Labute approximate surface area is 404 Å². The van der Waals surface area contributed by atoms with Crippen molar-refractivity contribution in [1.29, 1.82) is 0 Å². The van der Waals surface area contributed by atoms with Gasteiger partial charge in [0.2, 0.25) is 0 Å². The van der Waals surface area contributed by atoms with E-state index in [4.69, 9.17) is 24.8 Å². The van der Waals surface area contributed by atoms with Crippen molar-refractivity contribution in [3.63, 3.8) is 0 Å². The van der Waals surface area contributed by atoms with E-state index in [0.717, 1.165) is 92.6 Å². The number of nitrogens with one attached hydrogen (secondary N) is 1. The predicted molar refractivity (Wildman–Crippen MR) is 267 cm³/mol. The number of aliphatic hydroxyl groups is 1. The topological polar surface area (TPSA) is 131 Å². The van der Waals surface area contributed by atoms with Crippen LogP contribution < -0.4 is 31.2 Å². The number of aromatic amines is 1. The number of hydrogen-bond donors (Lipinski definition) is 2. The number of rotatable bonds is 20. The zero-order chi connectivity index (χ0) is 46.4. The molecule has 3 aliphatic rings. The Hall–Kier alpha value is -4.15. The molecule has 0 radical (unpaired) electrons. The molecule has 2 aliphatic heterocycles. The largest absolute Gasteiger partial charge is 2.00 e. The van der Waals surface area contributed by atoms with Gasteiger partial charge in [-0.1, -0.05) is 146 Å². The molecule has 1 fully saturated rings. The van der Waals surface area contributed by atoms with Crippen molar-refractivity contribution in [2.75, 3.05) is 13.7 Å². The van der Waals surface area contributed by atoms with Crippen LogP contribution in [0.15, 0.2) is 23.9 Å². The van der Waals surface area contributed by atoms with Crippen molar-refractivity contribution in [3.8, 4) is 0 Å². The van der Waals surface area contributed by atoms with Crippen molar-refractivity contribution >= 4 is 70.6 Å². The van der Waals surface area contributed by atoms with Crippen LogP contribution >= 0.6 is 0 Å². The van der Waals surface area contributed by atoms with E-state index in [9.17, 15) is 14.7 Å². The van der Waals surface area contributed by atoms with Gasteiger partial charge in [-0.05, 0) is 106 Å². The zero-order valence-corrected chi connectivity index (χ0v) is 42.9. The Balaban J connectivity index is 0.00000793. The van der Waals surface area contributed by atoms with Gasteiger partial charge in [0, 0.05) is 22.3 Å². The smallest absolute Gasteiger partial charge is 0.681 e. The fraction of sp³-hybridized carbons (Fsp3) is 0.564. The first-order valence-electron chi connectivity index (χ1n) is 24.2. The Morgan fingerprint density at radius 1 is 0.877 bits per heavy atom. The SMILES string of the molecule is C=Cc1c2[n-]c(c1C)/C=C1\[N-]C(C3=c4[n-]c(c(C)c4=C(O)[C@@H]3C(=O)OC)/C=c3\[nH]/c(c(C)c3CC)=C\2)[C@@H](CCC(=O)OC/C=C(/C)CCC[C@H](C)CCC[C@H](C)CCCC(C)C)[C@@H]1C.[Mg+2]. The Bertz CT molecular complexity index is 2510. The van der Waals surface area contributed by atoms with E-state index in [2.05, 4.69) is 80.0 Å². The number of methoxy groups -OCH3 is 1. The second-order valence-corrected chi connectivity index (χ2v) is 19.7. The van der Waals surface area contributed by atoms with E-state index in [1.165, 1.54) is 57.6 Å². The molecule has 65 heavy (non-hydrogen) atoms. The van der Waals surface area contributed by atoms with Gasteiger partial charge in [-0.2, -0.15) is 5.70 Å². The number of esters is 2. The Morgan fingerprint density at radius 3 is 2.17 bits per heavy atom. The first-order valence-corrected chi connectivity index (χ1v) is 24.2. The number of aromatic nitrogens is 3. The number of hydrogen-bond acceptors (Lipinski definition) is 5. The molecule has 6 atom stereocenters. The molecular weight excluding hydrogens is 821 g/mol. The number of fused-ring (bicyclic) bond motifs is 8. The number of H-pyrrole nitrogens is 1. The molecule has 8 bridgehead atoms.